The van der Waals surface area contributed by atoms with E-state index in [1.54, 1.807) is 25.2 Å². The number of aromatic nitrogens is 2. The fourth-order valence-electron chi connectivity index (χ4n) is 2.74. The first-order valence-corrected chi connectivity index (χ1v) is 9.20. The maximum atomic E-state index is 13.9. The van der Waals surface area contributed by atoms with Crippen LogP contribution in [0.3, 0.4) is 0 Å². The molecule has 2 aromatic carbocycles. The number of hydrogen-bond donors (Lipinski definition) is 1. The number of hydrogen-bond acceptors (Lipinski definition) is 5. The molecular formula is C20H22ClFIN5O2. The normalized spacial score (nSPS) is 11.0. The molecule has 1 aromatic heterocycles. The van der Waals surface area contributed by atoms with Crippen LogP contribution in [-0.2, 0) is 13.1 Å². The molecule has 3 aromatic rings. The van der Waals surface area contributed by atoms with Crippen molar-refractivity contribution in [1.29, 1.82) is 0 Å². The number of nitrogens with one attached hydrogen (secondary N) is 1. The first-order chi connectivity index (χ1) is 14.0. The van der Waals surface area contributed by atoms with Crippen LogP contribution in [-0.4, -0.2) is 42.2 Å². The third-order valence-electron chi connectivity index (χ3n) is 4.18. The molecule has 0 unspecified atom stereocenters. The molecule has 3 rings (SSSR count). The Balaban J connectivity index is 0.00000320. The van der Waals surface area contributed by atoms with Crippen molar-refractivity contribution in [1.82, 2.24) is 20.4 Å². The molecule has 0 aliphatic rings. The summed E-state index contributed by atoms with van der Waals surface area (Å²) in [5.74, 6) is 1.32. The highest BCUT2D eigenvalue weighted by Crippen LogP contribution is 2.19. The molecule has 1 heterocycles. The van der Waals surface area contributed by atoms with E-state index in [0.717, 1.165) is 11.1 Å². The van der Waals surface area contributed by atoms with Gasteiger partial charge >= 0.3 is 0 Å². The highest BCUT2D eigenvalue weighted by atomic mass is 127. The molecule has 0 radical (unpaired) electrons. The number of aliphatic imine (C=N–C) groups is 1. The smallest absolute Gasteiger partial charge is 0.246 e. The SMILES string of the molecule is CN=C(NCc1nc(-c2ccc(Cl)cc2)no1)N(C)Cc1ccc(OC)c(F)c1.I. The predicted molar refractivity (Wildman–Crippen MR) is 125 cm³/mol. The van der Waals surface area contributed by atoms with Gasteiger partial charge in [-0.05, 0) is 42.0 Å². The first-order valence-electron chi connectivity index (χ1n) is 8.83. The van der Waals surface area contributed by atoms with Crippen LogP contribution >= 0.6 is 35.6 Å². The maximum absolute atomic E-state index is 13.9. The number of benzene rings is 2. The molecule has 0 amide bonds. The second kappa shape index (κ2) is 11.1. The highest BCUT2D eigenvalue weighted by Gasteiger charge is 2.12. The Bertz CT molecular complexity index is 997. The van der Waals surface area contributed by atoms with Gasteiger partial charge in [-0.3, -0.25) is 4.99 Å². The van der Waals surface area contributed by atoms with Crippen LogP contribution < -0.4 is 10.1 Å². The summed E-state index contributed by atoms with van der Waals surface area (Å²) in [5, 5.41) is 7.78. The minimum absolute atomic E-state index is 0. The van der Waals surface area contributed by atoms with E-state index in [4.69, 9.17) is 20.9 Å². The zero-order chi connectivity index (χ0) is 20.8. The zero-order valence-corrected chi connectivity index (χ0v) is 19.8. The van der Waals surface area contributed by atoms with Crippen LogP contribution in [0.4, 0.5) is 4.39 Å². The van der Waals surface area contributed by atoms with E-state index in [0.29, 0.717) is 35.8 Å². The average Bonchev–Trinajstić information content (AvgIpc) is 3.18. The van der Waals surface area contributed by atoms with E-state index in [1.165, 1.54) is 13.2 Å². The molecule has 160 valence electrons. The highest BCUT2D eigenvalue weighted by molar-refractivity contribution is 14.0. The number of methoxy groups -OCH3 is 1. The van der Waals surface area contributed by atoms with Gasteiger partial charge in [0.2, 0.25) is 11.7 Å². The van der Waals surface area contributed by atoms with E-state index >= 15 is 0 Å². The zero-order valence-electron chi connectivity index (χ0n) is 16.7. The van der Waals surface area contributed by atoms with Crippen molar-refractivity contribution in [2.24, 2.45) is 4.99 Å². The second-order valence-electron chi connectivity index (χ2n) is 6.24. The molecule has 10 heteroatoms. The lowest BCUT2D eigenvalue weighted by molar-refractivity contribution is 0.371. The van der Waals surface area contributed by atoms with Gasteiger partial charge in [-0.25, -0.2) is 4.39 Å². The summed E-state index contributed by atoms with van der Waals surface area (Å²) in [6, 6.07) is 12.0. The summed E-state index contributed by atoms with van der Waals surface area (Å²) in [6.07, 6.45) is 0. The van der Waals surface area contributed by atoms with Crippen LogP contribution in [0.1, 0.15) is 11.5 Å². The molecule has 0 spiro atoms. The number of rotatable bonds is 6. The van der Waals surface area contributed by atoms with Gasteiger partial charge in [0.05, 0.1) is 13.7 Å². The minimum atomic E-state index is -0.401. The third kappa shape index (κ3) is 6.05. The van der Waals surface area contributed by atoms with Gasteiger partial charge in [-0.15, -0.1) is 24.0 Å². The fourth-order valence-corrected chi connectivity index (χ4v) is 2.87. The lowest BCUT2D eigenvalue weighted by Gasteiger charge is -2.21. The first kappa shape index (κ1) is 23.9. The van der Waals surface area contributed by atoms with Gasteiger partial charge in [-0.2, -0.15) is 4.98 Å². The maximum Gasteiger partial charge on any atom is 0.246 e. The Morgan fingerprint density at radius 1 is 1.27 bits per heavy atom. The summed E-state index contributed by atoms with van der Waals surface area (Å²) >= 11 is 5.90. The molecule has 0 atom stereocenters. The monoisotopic (exact) mass is 545 g/mol. The summed E-state index contributed by atoms with van der Waals surface area (Å²) in [6.45, 7) is 0.759. The third-order valence-corrected chi connectivity index (χ3v) is 4.43. The largest absolute Gasteiger partial charge is 0.494 e. The van der Waals surface area contributed by atoms with Crippen LogP contribution in [0.25, 0.3) is 11.4 Å². The molecule has 0 bridgehead atoms. The molecule has 30 heavy (non-hydrogen) atoms. The molecule has 0 saturated carbocycles. The summed E-state index contributed by atoms with van der Waals surface area (Å²) < 4.78 is 24.1. The molecule has 7 nitrogen and oxygen atoms in total. The number of ether oxygens (including phenoxy) is 1. The lowest BCUT2D eigenvalue weighted by atomic mass is 10.2. The van der Waals surface area contributed by atoms with Gasteiger partial charge in [0.15, 0.2) is 17.5 Å². The number of halogens is 3. The molecular weight excluding hydrogens is 524 g/mol. The van der Waals surface area contributed by atoms with Crippen molar-refractivity contribution >= 4 is 41.5 Å². The second-order valence-corrected chi connectivity index (χ2v) is 6.68. The quantitative estimate of drug-likeness (QED) is 0.282. The van der Waals surface area contributed by atoms with E-state index < -0.39 is 5.82 Å². The van der Waals surface area contributed by atoms with Gasteiger partial charge in [0.1, 0.15) is 0 Å². The van der Waals surface area contributed by atoms with Crippen molar-refractivity contribution in [3.8, 4) is 17.1 Å². The molecule has 1 N–H and O–H groups in total. The lowest BCUT2D eigenvalue weighted by Crippen LogP contribution is -2.38. The number of nitrogens with zero attached hydrogens (tertiary/aromatic N) is 4. The van der Waals surface area contributed by atoms with Crippen LogP contribution in [0.2, 0.25) is 5.02 Å². The van der Waals surface area contributed by atoms with Crippen LogP contribution in [0, 0.1) is 5.82 Å². The van der Waals surface area contributed by atoms with Crippen LogP contribution in [0.5, 0.6) is 5.75 Å². The molecule has 0 saturated heterocycles. The Labute approximate surface area is 196 Å². The van der Waals surface area contributed by atoms with Crippen molar-refractivity contribution in [3.63, 3.8) is 0 Å². The number of guanidine groups is 1. The molecule has 0 aliphatic heterocycles. The van der Waals surface area contributed by atoms with Crippen molar-refractivity contribution in [2.45, 2.75) is 13.1 Å². The van der Waals surface area contributed by atoms with Gasteiger partial charge in [0, 0.05) is 31.2 Å². The fraction of sp³-hybridized carbons (Fsp3) is 0.250. The summed E-state index contributed by atoms with van der Waals surface area (Å²) in [5.41, 5.74) is 1.60. The van der Waals surface area contributed by atoms with Crippen LogP contribution in [0.15, 0.2) is 52.0 Å². The van der Waals surface area contributed by atoms with Crippen molar-refractivity contribution in [3.05, 3.63) is 64.8 Å². The van der Waals surface area contributed by atoms with Gasteiger partial charge in [-0.1, -0.05) is 22.8 Å². The Morgan fingerprint density at radius 3 is 2.63 bits per heavy atom. The Morgan fingerprint density at radius 2 is 2.00 bits per heavy atom. The summed E-state index contributed by atoms with van der Waals surface area (Å²) in [4.78, 5) is 10.5. The predicted octanol–water partition coefficient (Wildman–Crippen LogP) is 4.36. The minimum Gasteiger partial charge on any atom is -0.494 e. The average molecular weight is 546 g/mol. The molecule has 0 aliphatic carbocycles. The van der Waals surface area contributed by atoms with Crippen molar-refractivity contribution in [2.75, 3.05) is 21.2 Å². The van der Waals surface area contributed by atoms with E-state index in [-0.39, 0.29) is 29.7 Å². The van der Waals surface area contributed by atoms with Gasteiger partial charge in [0.25, 0.3) is 0 Å². The molecule has 0 fully saturated rings. The van der Waals surface area contributed by atoms with E-state index in [9.17, 15) is 4.39 Å². The Kier molecular flexibility index (Phi) is 8.85. The summed E-state index contributed by atoms with van der Waals surface area (Å²) in [7, 11) is 4.96. The van der Waals surface area contributed by atoms with Crippen molar-refractivity contribution < 1.29 is 13.7 Å². The Hall–Kier alpha value is -2.40. The van der Waals surface area contributed by atoms with Gasteiger partial charge < -0.3 is 19.5 Å². The standard InChI is InChI=1S/C20H21ClFN5O2.HI/c1-23-20(27(2)12-13-4-9-17(28-3)16(22)10-13)24-11-18-25-19(26-29-18)14-5-7-15(21)8-6-14;/h4-10H,11-12H2,1-3H3,(H,23,24);1H. The van der Waals surface area contributed by atoms with E-state index in [1.807, 2.05) is 30.1 Å². The van der Waals surface area contributed by atoms with E-state index in [2.05, 4.69) is 20.4 Å². The topological polar surface area (TPSA) is 75.8 Å².